The molecule has 0 fully saturated rings. The molecule has 0 aliphatic carbocycles. The zero-order chi connectivity index (χ0) is 12.4. The summed E-state index contributed by atoms with van der Waals surface area (Å²) >= 11 is 0. The van der Waals surface area contributed by atoms with Gasteiger partial charge in [-0.15, -0.1) is 0 Å². The number of fused-ring (bicyclic) bond motifs is 1. The van der Waals surface area contributed by atoms with Gasteiger partial charge in [0.2, 0.25) is 0 Å². The average molecular weight is 235 g/mol. The van der Waals surface area contributed by atoms with Crippen molar-refractivity contribution in [2.24, 2.45) is 0 Å². The molecule has 0 spiro atoms. The van der Waals surface area contributed by atoms with Crippen molar-refractivity contribution in [2.45, 2.75) is 6.54 Å². The van der Waals surface area contributed by atoms with Crippen molar-refractivity contribution in [3.8, 4) is 0 Å². The first-order valence-corrected chi connectivity index (χ1v) is 5.47. The number of nitro groups is 1. The van der Waals surface area contributed by atoms with Crippen LogP contribution in [0.3, 0.4) is 0 Å². The Morgan fingerprint density at radius 3 is 2.88 bits per heavy atom. The predicted octanol–water partition coefficient (Wildman–Crippen LogP) is 0.0890. The Hall–Kier alpha value is -1.95. The van der Waals surface area contributed by atoms with E-state index in [9.17, 15) is 10.1 Å². The van der Waals surface area contributed by atoms with Crippen molar-refractivity contribution in [2.75, 3.05) is 20.6 Å². The molecule has 0 unspecified atom stereocenters. The Balaban J connectivity index is 2.27. The van der Waals surface area contributed by atoms with Gasteiger partial charge in [0.15, 0.2) is 0 Å². The normalized spacial score (nSPS) is 11.2. The highest BCUT2D eigenvalue weighted by Crippen LogP contribution is 2.19. The second-order valence-corrected chi connectivity index (χ2v) is 4.35. The number of benzene rings is 1. The molecule has 1 heterocycles. The van der Waals surface area contributed by atoms with Crippen molar-refractivity contribution in [3.05, 3.63) is 34.5 Å². The van der Waals surface area contributed by atoms with Crippen LogP contribution in [0.5, 0.6) is 0 Å². The van der Waals surface area contributed by atoms with E-state index in [0.717, 1.165) is 24.0 Å². The molecule has 0 saturated carbocycles. The molecule has 6 heteroatoms. The monoisotopic (exact) mass is 235 g/mol. The lowest BCUT2D eigenvalue weighted by Gasteiger charge is -2.05. The molecule has 0 saturated heterocycles. The van der Waals surface area contributed by atoms with E-state index in [1.54, 1.807) is 12.1 Å². The highest BCUT2D eigenvalue weighted by atomic mass is 16.6. The smallest absolute Gasteiger partial charge is 0.270 e. The van der Waals surface area contributed by atoms with Crippen LogP contribution in [-0.4, -0.2) is 35.3 Å². The van der Waals surface area contributed by atoms with Crippen LogP contribution in [0.2, 0.25) is 0 Å². The summed E-state index contributed by atoms with van der Waals surface area (Å²) in [5, 5.41) is 15.8. The number of non-ortho nitro benzene ring substituents is 1. The van der Waals surface area contributed by atoms with Gasteiger partial charge in [0.25, 0.3) is 5.69 Å². The summed E-state index contributed by atoms with van der Waals surface area (Å²) in [6, 6.07) is 4.73. The zero-order valence-electron chi connectivity index (χ0n) is 9.88. The van der Waals surface area contributed by atoms with E-state index in [1.807, 2.05) is 10.9 Å². The molecular weight excluding hydrogens is 220 g/mol. The zero-order valence-corrected chi connectivity index (χ0v) is 9.88. The quantitative estimate of drug-likeness (QED) is 0.603. The number of nitrogens with one attached hydrogen (secondary N) is 1. The maximum atomic E-state index is 10.6. The van der Waals surface area contributed by atoms with Crippen LogP contribution < -0.4 is 4.90 Å². The number of aromatic nitrogens is 2. The fourth-order valence-electron chi connectivity index (χ4n) is 1.63. The van der Waals surface area contributed by atoms with Gasteiger partial charge in [0.1, 0.15) is 0 Å². The topological polar surface area (TPSA) is 65.4 Å². The molecule has 0 aliphatic rings. The number of likely N-dealkylation sites (N-methyl/N-ethyl adjacent to an activating group) is 1. The fraction of sp³-hybridized carbons (Fsp3) is 0.364. The minimum atomic E-state index is -0.388. The van der Waals surface area contributed by atoms with E-state index in [2.05, 4.69) is 19.2 Å². The Kier molecular flexibility index (Phi) is 3.06. The molecule has 0 aliphatic heterocycles. The first kappa shape index (κ1) is 11.5. The molecule has 0 atom stereocenters. The van der Waals surface area contributed by atoms with Crippen LogP contribution in [0.15, 0.2) is 24.4 Å². The lowest BCUT2D eigenvalue weighted by atomic mass is 10.2. The van der Waals surface area contributed by atoms with Gasteiger partial charge in [0.05, 0.1) is 37.6 Å². The van der Waals surface area contributed by atoms with E-state index < -0.39 is 0 Å². The van der Waals surface area contributed by atoms with E-state index in [0.29, 0.717) is 0 Å². The molecule has 1 aromatic carbocycles. The van der Waals surface area contributed by atoms with Gasteiger partial charge >= 0.3 is 0 Å². The molecule has 90 valence electrons. The minimum absolute atomic E-state index is 0.107. The third-order valence-corrected chi connectivity index (χ3v) is 2.59. The number of rotatable bonds is 4. The lowest BCUT2D eigenvalue weighted by Crippen LogP contribution is -3.06. The standard InChI is InChI=1S/C11H14N4O2/c1-13(2)5-6-14-8-9-7-10(15(16)17)3-4-11(9)12-14/h3-4,7-8H,5-6H2,1-2H3/p+1. The largest absolute Gasteiger partial charge is 0.338 e. The maximum absolute atomic E-state index is 10.6. The van der Waals surface area contributed by atoms with E-state index in [4.69, 9.17) is 0 Å². The van der Waals surface area contributed by atoms with Crippen LogP contribution in [0.4, 0.5) is 5.69 Å². The second-order valence-electron chi connectivity index (χ2n) is 4.35. The van der Waals surface area contributed by atoms with Crippen LogP contribution in [0, 0.1) is 10.1 Å². The van der Waals surface area contributed by atoms with Gasteiger partial charge in [-0.25, -0.2) is 0 Å². The number of nitrogens with zero attached hydrogens (tertiary/aromatic N) is 3. The summed E-state index contributed by atoms with van der Waals surface area (Å²) in [7, 11) is 4.15. The summed E-state index contributed by atoms with van der Waals surface area (Å²) in [6.45, 7) is 1.78. The summed E-state index contributed by atoms with van der Waals surface area (Å²) in [4.78, 5) is 11.6. The summed E-state index contributed by atoms with van der Waals surface area (Å²) in [6.07, 6.45) is 1.85. The first-order valence-electron chi connectivity index (χ1n) is 5.47. The molecule has 6 nitrogen and oxygen atoms in total. The maximum Gasteiger partial charge on any atom is 0.270 e. The molecule has 0 bridgehead atoms. The van der Waals surface area contributed by atoms with Gasteiger partial charge in [-0.05, 0) is 6.07 Å². The number of nitro benzene ring substituents is 1. The van der Waals surface area contributed by atoms with E-state index >= 15 is 0 Å². The molecule has 2 rings (SSSR count). The van der Waals surface area contributed by atoms with Crippen LogP contribution in [0.1, 0.15) is 0 Å². The van der Waals surface area contributed by atoms with Crippen LogP contribution in [0.25, 0.3) is 10.9 Å². The Morgan fingerprint density at radius 1 is 1.47 bits per heavy atom. The molecule has 0 radical (unpaired) electrons. The first-order chi connectivity index (χ1) is 8.06. The second kappa shape index (κ2) is 4.50. The van der Waals surface area contributed by atoms with Gasteiger partial charge < -0.3 is 4.90 Å². The fourth-order valence-corrected chi connectivity index (χ4v) is 1.63. The van der Waals surface area contributed by atoms with Gasteiger partial charge in [-0.3, -0.25) is 14.8 Å². The number of quaternary nitrogens is 1. The van der Waals surface area contributed by atoms with Crippen molar-refractivity contribution in [3.63, 3.8) is 0 Å². The average Bonchev–Trinajstić information content (AvgIpc) is 2.67. The Labute approximate surface area is 98.6 Å². The molecule has 17 heavy (non-hydrogen) atoms. The summed E-state index contributed by atoms with van der Waals surface area (Å²) in [5.41, 5.74) is 0.902. The van der Waals surface area contributed by atoms with Gasteiger partial charge in [-0.2, -0.15) is 5.10 Å². The molecule has 1 N–H and O–H groups in total. The Morgan fingerprint density at radius 2 is 2.24 bits per heavy atom. The molecule has 2 aromatic rings. The van der Waals surface area contributed by atoms with Gasteiger partial charge in [-0.1, -0.05) is 0 Å². The molecule has 0 amide bonds. The number of hydrogen-bond acceptors (Lipinski definition) is 3. The van der Waals surface area contributed by atoms with Crippen LogP contribution >= 0.6 is 0 Å². The van der Waals surface area contributed by atoms with Crippen molar-refractivity contribution in [1.82, 2.24) is 9.78 Å². The van der Waals surface area contributed by atoms with Crippen molar-refractivity contribution < 1.29 is 9.82 Å². The molecule has 1 aromatic heterocycles. The molecular formula is C11H15N4O2+. The lowest BCUT2D eigenvalue weighted by molar-refractivity contribution is -0.859. The van der Waals surface area contributed by atoms with Crippen molar-refractivity contribution in [1.29, 1.82) is 0 Å². The van der Waals surface area contributed by atoms with E-state index in [-0.39, 0.29) is 10.6 Å². The highest BCUT2D eigenvalue weighted by molar-refractivity contribution is 5.80. The third kappa shape index (κ3) is 2.59. The third-order valence-electron chi connectivity index (χ3n) is 2.59. The summed E-state index contributed by atoms with van der Waals surface area (Å²) in [5.74, 6) is 0. The number of hydrogen-bond donors (Lipinski definition) is 1. The van der Waals surface area contributed by atoms with E-state index in [1.165, 1.54) is 11.0 Å². The van der Waals surface area contributed by atoms with Crippen molar-refractivity contribution >= 4 is 16.6 Å². The highest BCUT2D eigenvalue weighted by Gasteiger charge is 2.08. The minimum Gasteiger partial charge on any atom is -0.338 e. The van der Waals surface area contributed by atoms with Gasteiger partial charge in [0, 0.05) is 23.7 Å². The van der Waals surface area contributed by atoms with Crippen LogP contribution in [-0.2, 0) is 6.54 Å². The summed E-state index contributed by atoms with van der Waals surface area (Å²) < 4.78 is 1.83. The Bertz CT molecular complexity index is 547. The predicted molar refractivity (Wildman–Crippen MR) is 64.1 cm³/mol. The SMILES string of the molecule is C[NH+](C)CCn1cc2cc([N+](=O)[O-])ccc2n1.